The number of fused-ring (bicyclic) bond motifs is 3. The molecular formula is C12H8N2S2. The Morgan fingerprint density at radius 3 is 3.12 bits per heavy atom. The number of aromatic nitrogens is 1. The summed E-state index contributed by atoms with van der Waals surface area (Å²) in [6, 6.07) is 10.5. The predicted octanol–water partition coefficient (Wildman–Crippen LogP) is 3.48. The molecule has 16 heavy (non-hydrogen) atoms. The Labute approximate surface area is 102 Å². The lowest BCUT2D eigenvalue weighted by molar-refractivity contribution is 1.17. The fourth-order valence-corrected chi connectivity index (χ4v) is 3.92. The summed E-state index contributed by atoms with van der Waals surface area (Å²) in [6.07, 6.45) is 0.421. The van der Waals surface area contributed by atoms with E-state index in [1.165, 1.54) is 15.3 Å². The third-order valence-electron chi connectivity index (χ3n) is 2.47. The van der Waals surface area contributed by atoms with Crippen molar-refractivity contribution in [3.05, 3.63) is 34.2 Å². The minimum atomic E-state index is 0.421. The fourth-order valence-electron chi connectivity index (χ4n) is 1.78. The molecule has 2 nitrogen and oxygen atoms in total. The second kappa shape index (κ2) is 3.93. The Kier molecular flexibility index (Phi) is 2.43. The Bertz CT molecular complexity index is 581. The molecule has 1 aliphatic rings. The number of thioether (sulfide) groups is 1. The van der Waals surface area contributed by atoms with Crippen LogP contribution in [0.5, 0.6) is 0 Å². The molecule has 4 heteroatoms. The first-order valence-electron chi connectivity index (χ1n) is 4.96. The number of nitrogens with zero attached hydrogens (tertiary/aromatic N) is 2. The second-order valence-electron chi connectivity index (χ2n) is 3.50. The molecule has 1 aromatic carbocycles. The summed E-state index contributed by atoms with van der Waals surface area (Å²) in [5.74, 6) is 0.982. The molecule has 0 spiro atoms. The highest BCUT2D eigenvalue weighted by molar-refractivity contribution is 7.98. The second-order valence-corrected chi connectivity index (χ2v) is 5.68. The van der Waals surface area contributed by atoms with Crippen LogP contribution in [-0.4, -0.2) is 4.98 Å². The van der Waals surface area contributed by atoms with E-state index in [1.807, 2.05) is 17.8 Å². The first-order valence-corrected chi connectivity index (χ1v) is 6.76. The van der Waals surface area contributed by atoms with Crippen LogP contribution in [0.4, 0.5) is 0 Å². The van der Waals surface area contributed by atoms with Crippen molar-refractivity contribution >= 4 is 23.1 Å². The predicted molar refractivity (Wildman–Crippen MR) is 66.4 cm³/mol. The maximum atomic E-state index is 8.69. The molecular weight excluding hydrogens is 236 g/mol. The van der Waals surface area contributed by atoms with Gasteiger partial charge in [0.25, 0.3) is 0 Å². The molecule has 0 radical (unpaired) electrons. The van der Waals surface area contributed by atoms with Crippen LogP contribution >= 0.6 is 23.1 Å². The van der Waals surface area contributed by atoms with Crippen molar-refractivity contribution in [2.24, 2.45) is 0 Å². The average Bonchev–Trinajstić information content (AvgIpc) is 2.72. The van der Waals surface area contributed by atoms with Gasteiger partial charge < -0.3 is 0 Å². The van der Waals surface area contributed by atoms with E-state index in [-0.39, 0.29) is 0 Å². The van der Waals surface area contributed by atoms with E-state index in [0.717, 1.165) is 16.5 Å². The highest BCUT2D eigenvalue weighted by Gasteiger charge is 2.20. The van der Waals surface area contributed by atoms with Crippen molar-refractivity contribution < 1.29 is 0 Å². The van der Waals surface area contributed by atoms with Gasteiger partial charge in [-0.25, -0.2) is 4.98 Å². The third kappa shape index (κ3) is 1.53. The Hall–Kier alpha value is -1.31. The van der Waals surface area contributed by atoms with E-state index in [1.54, 1.807) is 11.3 Å². The van der Waals surface area contributed by atoms with Crippen LogP contribution in [0.2, 0.25) is 0 Å². The smallest absolute Gasteiger partial charge is 0.108 e. The molecule has 1 aromatic heterocycles. The number of nitriles is 1. The van der Waals surface area contributed by atoms with Crippen LogP contribution in [0, 0.1) is 11.3 Å². The van der Waals surface area contributed by atoms with Crippen molar-refractivity contribution in [3.63, 3.8) is 0 Å². The molecule has 0 fully saturated rings. The van der Waals surface area contributed by atoms with E-state index in [2.05, 4.69) is 29.3 Å². The van der Waals surface area contributed by atoms with Gasteiger partial charge in [0.05, 0.1) is 18.2 Å². The summed E-state index contributed by atoms with van der Waals surface area (Å²) in [5, 5.41) is 9.62. The summed E-state index contributed by atoms with van der Waals surface area (Å²) < 4.78 is 0. The lowest BCUT2D eigenvalue weighted by atomic mass is 10.1. The zero-order valence-corrected chi connectivity index (χ0v) is 10.1. The summed E-state index contributed by atoms with van der Waals surface area (Å²) in [6.45, 7) is 0. The van der Waals surface area contributed by atoms with Crippen molar-refractivity contribution in [2.45, 2.75) is 17.1 Å². The molecule has 3 rings (SSSR count). The molecule has 1 aliphatic heterocycles. The van der Waals surface area contributed by atoms with Crippen molar-refractivity contribution in [1.82, 2.24) is 4.98 Å². The molecule has 0 saturated heterocycles. The molecule has 0 aliphatic carbocycles. The van der Waals surface area contributed by atoms with E-state index in [0.29, 0.717) is 6.42 Å². The SMILES string of the molecule is N#CCc1nc2c(s1)CSc1ccccc1-2. The number of thiazole rings is 1. The van der Waals surface area contributed by atoms with E-state index in [4.69, 9.17) is 5.26 Å². The summed E-state index contributed by atoms with van der Waals surface area (Å²) in [7, 11) is 0. The lowest BCUT2D eigenvalue weighted by Gasteiger charge is -2.13. The van der Waals surface area contributed by atoms with Gasteiger partial charge in [-0.1, -0.05) is 18.2 Å². The normalized spacial score (nSPS) is 12.7. The Morgan fingerprint density at radius 2 is 2.25 bits per heavy atom. The lowest BCUT2D eigenvalue weighted by Crippen LogP contribution is -1.92. The molecule has 0 amide bonds. The van der Waals surface area contributed by atoms with Crippen LogP contribution in [-0.2, 0) is 12.2 Å². The van der Waals surface area contributed by atoms with Crippen LogP contribution in [0.25, 0.3) is 11.3 Å². The molecule has 78 valence electrons. The van der Waals surface area contributed by atoms with Gasteiger partial charge in [-0.2, -0.15) is 5.26 Å². The number of benzene rings is 1. The van der Waals surface area contributed by atoms with E-state index in [9.17, 15) is 0 Å². The maximum absolute atomic E-state index is 8.69. The van der Waals surface area contributed by atoms with Gasteiger partial charge in [-0.05, 0) is 6.07 Å². The molecule has 0 unspecified atom stereocenters. The van der Waals surface area contributed by atoms with E-state index < -0.39 is 0 Å². The highest BCUT2D eigenvalue weighted by atomic mass is 32.2. The van der Waals surface area contributed by atoms with Gasteiger partial charge in [-0.15, -0.1) is 23.1 Å². The van der Waals surface area contributed by atoms with E-state index >= 15 is 0 Å². The number of hydrogen-bond acceptors (Lipinski definition) is 4. The summed E-state index contributed by atoms with van der Waals surface area (Å²) in [4.78, 5) is 7.16. The quantitative estimate of drug-likeness (QED) is 0.770. The first kappa shape index (κ1) is 9.88. The maximum Gasteiger partial charge on any atom is 0.108 e. The average molecular weight is 244 g/mol. The molecule has 2 aromatic rings. The van der Waals surface area contributed by atoms with Crippen molar-refractivity contribution in [2.75, 3.05) is 0 Å². The topological polar surface area (TPSA) is 36.7 Å². The molecule has 0 atom stereocenters. The fraction of sp³-hybridized carbons (Fsp3) is 0.167. The molecule has 0 saturated carbocycles. The summed E-state index contributed by atoms with van der Waals surface area (Å²) in [5.41, 5.74) is 2.30. The zero-order valence-electron chi connectivity index (χ0n) is 8.43. The highest BCUT2D eigenvalue weighted by Crippen LogP contribution is 2.43. The first-order chi connectivity index (χ1) is 7.88. The standard InChI is InChI=1S/C12H8N2S2/c13-6-5-11-14-12-8-3-1-2-4-9(8)15-7-10(12)16-11/h1-4H,5,7H2. The van der Waals surface area contributed by atoms with Crippen molar-refractivity contribution in [3.8, 4) is 17.3 Å². The monoisotopic (exact) mass is 244 g/mol. The summed E-state index contributed by atoms with van der Waals surface area (Å²) >= 11 is 3.52. The van der Waals surface area contributed by atoms with Crippen LogP contribution < -0.4 is 0 Å². The van der Waals surface area contributed by atoms with Gasteiger partial charge in [0.15, 0.2) is 0 Å². The molecule has 0 bridgehead atoms. The zero-order chi connectivity index (χ0) is 11.0. The van der Waals surface area contributed by atoms with Gasteiger partial charge in [0.1, 0.15) is 5.01 Å². The largest absolute Gasteiger partial charge is 0.240 e. The van der Waals surface area contributed by atoms with Gasteiger partial charge in [0.2, 0.25) is 0 Å². The Morgan fingerprint density at radius 1 is 1.38 bits per heavy atom. The van der Waals surface area contributed by atoms with Gasteiger partial charge >= 0.3 is 0 Å². The van der Waals surface area contributed by atoms with Crippen LogP contribution in [0.15, 0.2) is 29.2 Å². The van der Waals surface area contributed by atoms with Gasteiger partial charge in [-0.3, -0.25) is 0 Å². The minimum Gasteiger partial charge on any atom is -0.240 e. The van der Waals surface area contributed by atoms with Crippen LogP contribution in [0.1, 0.15) is 9.88 Å². The van der Waals surface area contributed by atoms with Gasteiger partial charge in [0, 0.05) is 21.1 Å². The van der Waals surface area contributed by atoms with Crippen LogP contribution in [0.3, 0.4) is 0 Å². The third-order valence-corrected chi connectivity index (χ3v) is 4.81. The molecule has 2 heterocycles. The minimum absolute atomic E-state index is 0.421. The van der Waals surface area contributed by atoms with Crippen molar-refractivity contribution in [1.29, 1.82) is 5.26 Å². The number of hydrogen-bond donors (Lipinski definition) is 0. The number of rotatable bonds is 1. The Balaban J connectivity index is 2.14. The molecule has 0 N–H and O–H groups in total.